The molecule has 12 heavy (non-hydrogen) atoms. The van der Waals surface area contributed by atoms with Crippen molar-refractivity contribution in [3.05, 3.63) is 0 Å². The predicted molar refractivity (Wildman–Crippen MR) is 45.9 cm³/mol. The van der Waals surface area contributed by atoms with Crippen molar-refractivity contribution in [2.45, 2.75) is 29.6 Å². The Bertz CT molecular complexity index is 150. The van der Waals surface area contributed by atoms with Crippen molar-refractivity contribution in [3.8, 4) is 0 Å². The zero-order valence-electron chi connectivity index (χ0n) is 6.47. The van der Waals surface area contributed by atoms with Gasteiger partial charge in [-0.15, -0.1) is 0 Å². The Labute approximate surface area is 79.0 Å². The molecule has 0 amide bonds. The van der Waals surface area contributed by atoms with E-state index in [1.54, 1.807) is 0 Å². The average Bonchev–Trinajstić information content (AvgIpc) is 2.08. The predicted octanol–water partition coefficient (Wildman–Crippen LogP) is -1.16. The molecular formula is C7H13BrO4. The van der Waals surface area contributed by atoms with Gasteiger partial charge in [0.1, 0.15) is 6.10 Å². The van der Waals surface area contributed by atoms with Gasteiger partial charge in [0.15, 0.2) is 0 Å². The van der Waals surface area contributed by atoms with E-state index in [1.165, 1.54) is 0 Å². The third kappa shape index (κ3) is 1.80. The van der Waals surface area contributed by atoms with E-state index in [4.69, 9.17) is 5.11 Å². The highest BCUT2D eigenvalue weighted by molar-refractivity contribution is 9.09. The van der Waals surface area contributed by atoms with Gasteiger partial charge in [-0.2, -0.15) is 0 Å². The lowest BCUT2D eigenvalue weighted by Crippen LogP contribution is -2.52. The number of halogens is 1. The summed E-state index contributed by atoms with van der Waals surface area (Å²) < 4.78 is 0. The van der Waals surface area contributed by atoms with Gasteiger partial charge >= 0.3 is 0 Å². The molecule has 5 heteroatoms. The minimum atomic E-state index is -1.17. The van der Waals surface area contributed by atoms with Crippen LogP contribution in [0.25, 0.3) is 0 Å². The van der Waals surface area contributed by atoms with Crippen LogP contribution in [0.5, 0.6) is 0 Å². The molecule has 4 N–H and O–H groups in total. The molecule has 0 heterocycles. The number of hydrogen-bond acceptors (Lipinski definition) is 4. The van der Waals surface area contributed by atoms with E-state index in [-0.39, 0.29) is 17.4 Å². The summed E-state index contributed by atoms with van der Waals surface area (Å²) in [7, 11) is 0. The van der Waals surface area contributed by atoms with Crippen LogP contribution in [0.4, 0.5) is 0 Å². The van der Waals surface area contributed by atoms with Gasteiger partial charge in [-0.25, -0.2) is 0 Å². The maximum absolute atomic E-state index is 9.33. The van der Waals surface area contributed by atoms with E-state index < -0.39 is 18.3 Å². The zero-order chi connectivity index (χ0) is 9.30. The summed E-state index contributed by atoms with van der Waals surface area (Å²) in [5.74, 6) is -0.354. The Hall–Kier alpha value is 0.320. The first-order valence-corrected chi connectivity index (χ1v) is 4.78. The van der Waals surface area contributed by atoms with Gasteiger partial charge in [-0.05, 0) is 6.42 Å². The summed E-state index contributed by atoms with van der Waals surface area (Å²) in [6, 6.07) is 0. The number of rotatable bonds is 1. The van der Waals surface area contributed by atoms with Crippen molar-refractivity contribution in [1.82, 2.24) is 0 Å². The first kappa shape index (κ1) is 10.4. The Balaban J connectivity index is 2.63. The van der Waals surface area contributed by atoms with Gasteiger partial charge in [-0.3, -0.25) is 0 Å². The van der Waals surface area contributed by atoms with E-state index in [2.05, 4.69) is 15.9 Å². The fraction of sp³-hybridized carbons (Fsp3) is 1.00. The molecule has 5 atom stereocenters. The van der Waals surface area contributed by atoms with E-state index in [0.29, 0.717) is 6.42 Å². The van der Waals surface area contributed by atoms with Crippen molar-refractivity contribution in [2.75, 3.05) is 6.61 Å². The molecule has 0 aromatic heterocycles. The first-order chi connectivity index (χ1) is 5.57. The second-order valence-electron chi connectivity index (χ2n) is 3.17. The molecule has 1 aliphatic carbocycles. The highest BCUT2D eigenvalue weighted by Crippen LogP contribution is 2.29. The molecule has 0 bridgehead atoms. The Morgan fingerprint density at radius 3 is 2.17 bits per heavy atom. The highest BCUT2D eigenvalue weighted by atomic mass is 79.9. The van der Waals surface area contributed by atoms with E-state index >= 15 is 0 Å². The molecule has 1 rings (SSSR count). The van der Waals surface area contributed by atoms with Crippen LogP contribution in [-0.4, -0.2) is 50.2 Å². The number of aliphatic hydroxyl groups excluding tert-OH is 4. The summed E-state index contributed by atoms with van der Waals surface area (Å²) >= 11 is 3.17. The second-order valence-corrected chi connectivity index (χ2v) is 4.34. The van der Waals surface area contributed by atoms with Crippen LogP contribution in [0.2, 0.25) is 0 Å². The van der Waals surface area contributed by atoms with Gasteiger partial charge in [0.2, 0.25) is 0 Å². The third-order valence-corrected chi connectivity index (χ3v) is 3.23. The van der Waals surface area contributed by atoms with Gasteiger partial charge in [0, 0.05) is 17.4 Å². The maximum Gasteiger partial charge on any atom is 0.107 e. The largest absolute Gasteiger partial charge is 0.396 e. The number of alkyl halides is 1. The molecule has 0 aromatic carbocycles. The number of hydrogen-bond donors (Lipinski definition) is 4. The summed E-state index contributed by atoms with van der Waals surface area (Å²) in [6.45, 7) is -0.174. The van der Waals surface area contributed by atoms with E-state index in [0.717, 1.165) is 0 Å². The van der Waals surface area contributed by atoms with E-state index in [1.807, 2.05) is 0 Å². The maximum atomic E-state index is 9.33. The lowest BCUT2D eigenvalue weighted by atomic mass is 9.83. The monoisotopic (exact) mass is 240 g/mol. The van der Waals surface area contributed by atoms with Crippen molar-refractivity contribution in [1.29, 1.82) is 0 Å². The fourth-order valence-corrected chi connectivity index (χ4v) is 2.24. The van der Waals surface area contributed by atoms with Crippen molar-refractivity contribution in [2.24, 2.45) is 5.92 Å². The van der Waals surface area contributed by atoms with E-state index in [9.17, 15) is 15.3 Å². The van der Waals surface area contributed by atoms with Crippen LogP contribution in [0.1, 0.15) is 6.42 Å². The third-order valence-electron chi connectivity index (χ3n) is 2.32. The summed E-state index contributed by atoms with van der Waals surface area (Å²) in [5.41, 5.74) is 0. The summed E-state index contributed by atoms with van der Waals surface area (Å²) in [5, 5.41) is 36.7. The van der Waals surface area contributed by atoms with Crippen LogP contribution >= 0.6 is 15.9 Å². The SMILES string of the molecule is OC[C@H]1C[C@H](Br)[C@H](O)[C@@H](O)[C@@H]1O. The molecule has 0 saturated heterocycles. The molecule has 0 radical (unpaired) electrons. The van der Waals surface area contributed by atoms with Crippen LogP contribution in [0.3, 0.4) is 0 Å². The summed E-state index contributed by atoms with van der Waals surface area (Å²) in [4.78, 5) is -0.256. The first-order valence-electron chi connectivity index (χ1n) is 3.87. The average molecular weight is 241 g/mol. The number of aliphatic hydroxyl groups is 4. The Kier molecular flexibility index (Phi) is 3.48. The standard InChI is InChI=1S/C7H13BrO4/c8-4-1-3(2-9)5(10)7(12)6(4)11/h3-7,9-12H,1-2H2/t3-,4+,5-,6+,7+/m1/s1. The van der Waals surface area contributed by atoms with Crippen molar-refractivity contribution >= 4 is 15.9 Å². The van der Waals surface area contributed by atoms with Gasteiger partial charge in [0.25, 0.3) is 0 Å². The quantitative estimate of drug-likeness (QED) is 0.437. The smallest absolute Gasteiger partial charge is 0.107 e. The van der Waals surface area contributed by atoms with Crippen molar-refractivity contribution < 1.29 is 20.4 Å². The molecule has 0 unspecified atom stereocenters. The molecule has 1 aliphatic rings. The molecule has 0 aromatic rings. The molecular weight excluding hydrogens is 228 g/mol. The molecule has 1 fully saturated rings. The zero-order valence-corrected chi connectivity index (χ0v) is 8.05. The normalized spacial score (nSPS) is 49.2. The lowest BCUT2D eigenvalue weighted by molar-refractivity contribution is -0.114. The second kappa shape index (κ2) is 4.02. The minimum Gasteiger partial charge on any atom is -0.396 e. The lowest BCUT2D eigenvalue weighted by Gasteiger charge is -2.37. The molecule has 4 nitrogen and oxygen atoms in total. The highest BCUT2D eigenvalue weighted by Gasteiger charge is 2.40. The molecule has 0 aliphatic heterocycles. The van der Waals surface area contributed by atoms with Crippen LogP contribution in [0.15, 0.2) is 0 Å². The van der Waals surface area contributed by atoms with Crippen molar-refractivity contribution in [3.63, 3.8) is 0 Å². The van der Waals surface area contributed by atoms with Crippen LogP contribution in [-0.2, 0) is 0 Å². The Morgan fingerprint density at radius 2 is 1.67 bits per heavy atom. The fourth-order valence-electron chi connectivity index (χ4n) is 1.45. The molecule has 0 spiro atoms. The van der Waals surface area contributed by atoms with Gasteiger partial charge in [0.05, 0.1) is 12.2 Å². The van der Waals surface area contributed by atoms with Crippen LogP contribution < -0.4 is 0 Å². The molecule has 1 saturated carbocycles. The van der Waals surface area contributed by atoms with Gasteiger partial charge < -0.3 is 20.4 Å². The van der Waals surface area contributed by atoms with Crippen LogP contribution in [0, 0.1) is 5.92 Å². The minimum absolute atomic E-state index is 0.174. The van der Waals surface area contributed by atoms with Gasteiger partial charge in [-0.1, -0.05) is 15.9 Å². The Morgan fingerprint density at radius 1 is 1.08 bits per heavy atom. The molecule has 72 valence electrons. The summed E-state index contributed by atoms with van der Waals surface area (Å²) in [6.07, 6.45) is -2.68. The topological polar surface area (TPSA) is 80.9 Å².